The highest BCUT2D eigenvalue weighted by atomic mass is 35.5. The lowest BCUT2D eigenvalue weighted by molar-refractivity contribution is 0.0962. The number of aromatic nitrogens is 2. The lowest BCUT2D eigenvalue weighted by atomic mass is 10.1. The summed E-state index contributed by atoms with van der Waals surface area (Å²) in [6.07, 6.45) is 5.97. The summed E-state index contributed by atoms with van der Waals surface area (Å²) in [5, 5.41) is 18.3. The van der Waals surface area contributed by atoms with Crippen molar-refractivity contribution in [2.45, 2.75) is 6.92 Å². The average Bonchev–Trinajstić information content (AvgIpc) is 3.20. The Kier molecular flexibility index (Phi) is 7.50. The second-order valence-electron chi connectivity index (χ2n) is 7.09. The Balaban J connectivity index is 1.91. The molecule has 0 saturated heterocycles. The number of nitrogens with one attached hydrogen (secondary N) is 3. The number of nitrogens with zero attached hydrogens (tertiary/aromatic N) is 3. The van der Waals surface area contributed by atoms with E-state index in [1.807, 2.05) is 13.1 Å². The van der Waals surface area contributed by atoms with Gasteiger partial charge in [0.2, 0.25) is 0 Å². The predicted octanol–water partition coefficient (Wildman–Crippen LogP) is 4.62. The fraction of sp³-hybridized carbons (Fsp3) is 0.0833. The number of aryl methyl sites for hydroxylation is 1. The molecule has 0 aliphatic heterocycles. The molecule has 3 aromatic rings. The van der Waals surface area contributed by atoms with E-state index in [0.29, 0.717) is 44.8 Å². The Bertz CT molecular complexity index is 1310. The summed E-state index contributed by atoms with van der Waals surface area (Å²) in [6.45, 7) is 8.90. The number of allylic oxidation sites excluding steroid dienone is 2. The quantitative estimate of drug-likeness (QED) is 0.203. The largest absolute Gasteiger partial charge is 0.496 e. The molecule has 10 heteroatoms. The SMILES string of the molecule is C=C/C=C(\N=C)NC(=O)c1ccc(-n2cc(C)c(Nc3ccc(N)c(C=N)c3Cl)n2)cc1OC. The number of amides is 1. The van der Waals surface area contributed by atoms with E-state index in [-0.39, 0.29) is 5.82 Å². The Morgan fingerprint density at radius 1 is 1.35 bits per heavy atom. The number of nitrogen functional groups attached to an aromatic ring is 1. The minimum atomic E-state index is -0.400. The molecule has 0 atom stereocenters. The molecular formula is C24H24ClN7O2. The molecular weight excluding hydrogens is 454 g/mol. The number of hydrogen-bond donors (Lipinski definition) is 4. The maximum atomic E-state index is 12.7. The van der Waals surface area contributed by atoms with Gasteiger partial charge in [-0.25, -0.2) is 9.67 Å². The second-order valence-corrected chi connectivity index (χ2v) is 7.47. The summed E-state index contributed by atoms with van der Waals surface area (Å²) in [4.78, 5) is 16.4. The first kappa shape index (κ1) is 24.3. The molecule has 0 saturated carbocycles. The van der Waals surface area contributed by atoms with Crippen molar-refractivity contribution in [2.75, 3.05) is 18.2 Å². The molecule has 0 spiro atoms. The summed E-state index contributed by atoms with van der Waals surface area (Å²) in [5.74, 6) is 0.802. The Morgan fingerprint density at radius 3 is 2.76 bits per heavy atom. The van der Waals surface area contributed by atoms with Crippen molar-refractivity contribution in [3.05, 3.63) is 82.8 Å². The molecule has 2 aromatic carbocycles. The maximum Gasteiger partial charge on any atom is 0.260 e. The zero-order valence-corrected chi connectivity index (χ0v) is 19.5. The second kappa shape index (κ2) is 10.5. The van der Waals surface area contributed by atoms with Crippen LogP contribution in [0.3, 0.4) is 0 Å². The van der Waals surface area contributed by atoms with Crippen LogP contribution in [0.15, 0.2) is 66.1 Å². The van der Waals surface area contributed by atoms with Crippen LogP contribution >= 0.6 is 11.6 Å². The van der Waals surface area contributed by atoms with Gasteiger partial charge >= 0.3 is 0 Å². The van der Waals surface area contributed by atoms with Crippen LogP contribution in [-0.4, -0.2) is 35.7 Å². The van der Waals surface area contributed by atoms with Gasteiger partial charge in [0.1, 0.15) is 11.6 Å². The van der Waals surface area contributed by atoms with Gasteiger partial charge in [-0.3, -0.25) is 4.79 Å². The maximum absolute atomic E-state index is 12.7. The third kappa shape index (κ3) is 5.00. The van der Waals surface area contributed by atoms with Crippen molar-refractivity contribution in [1.29, 1.82) is 5.41 Å². The normalized spacial score (nSPS) is 11.0. The minimum absolute atomic E-state index is 0.275. The Hall–Kier alpha value is -4.37. The van der Waals surface area contributed by atoms with Crippen LogP contribution in [0.4, 0.5) is 17.2 Å². The number of carbonyl (C=O) groups excluding carboxylic acids is 1. The number of halogens is 1. The highest BCUT2D eigenvalue weighted by molar-refractivity contribution is 6.36. The van der Waals surface area contributed by atoms with Crippen LogP contribution in [0.25, 0.3) is 5.69 Å². The number of methoxy groups -OCH3 is 1. The number of nitrogens with two attached hydrogens (primary N) is 1. The van der Waals surface area contributed by atoms with E-state index in [4.69, 9.17) is 27.5 Å². The molecule has 5 N–H and O–H groups in total. The van der Waals surface area contributed by atoms with Gasteiger partial charge in [-0.15, -0.1) is 5.10 Å². The number of ether oxygens (including phenoxy) is 1. The van der Waals surface area contributed by atoms with Gasteiger partial charge in [0.25, 0.3) is 5.91 Å². The van der Waals surface area contributed by atoms with Gasteiger partial charge in [0, 0.05) is 35.3 Å². The number of benzene rings is 2. The number of hydrogen-bond acceptors (Lipinski definition) is 7. The molecule has 0 unspecified atom stereocenters. The molecule has 1 amide bonds. The van der Waals surface area contributed by atoms with Gasteiger partial charge in [0.05, 0.1) is 29.1 Å². The summed E-state index contributed by atoms with van der Waals surface area (Å²) < 4.78 is 7.09. The molecule has 9 nitrogen and oxygen atoms in total. The van der Waals surface area contributed by atoms with Crippen molar-refractivity contribution in [3.8, 4) is 11.4 Å². The topological polar surface area (TPSA) is 130 Å². The molecule has 0 bridgehead atoms. The van der Waals surface area contributed by atoms with Crippen LogP contribution in [0.5, 0.6) is 5.75 Å². The molecule has 1 aromatic heterocycles. The van der Waals surface area contributed by atoms with Crippen molar-refractivity contribution < 1.29 is 9.53 Å². The Labute approximate surface area is 202 Å². The van der Waals surface area contributed by atoms with Gasteiger partial charge in [-0.2, -0.15) is 0 Å². The van der Waals surface area contributed by atoms with Crippen molar-refractivity contribution in [1.82, 2.24) is 15.1 Å². The van der Waals surface area contributed by atoms with Crippen molar-refractivity contribution in [3.63, 3.8) is 0 Å². The smallest absolute Gasteiger partial charge is 0.260 e. The van der Waals surface area contributed by atoms with Crippen molar-refractivity contribution in [2.24, 2.45) is 4.99 Å². The standard InChI is InChI=1S/C24H24ClN7O2/c1-5-6-21(28-3)30-24(33)16-8-7-15(11-20(16)34-4)32-13-14(2)23(31-32)29-19-10-9-18(27)17(12-26)22(19)25/h5-13,26H,1,3,27H2,2,4H3,(H,29,31)(H,30,33)/b21-6+,26-12?. The number of anilines is 3. The summed E-state index contributed by atoms with van der Waals surface area (Å²) in [5.41, 5.74) is 9.14. The zero-order chi connectivity index (χ0) is 24.8. The number of carbonyl (C=O) groups is 1. The lowest BCUT2D eigenvalue weighted by Crippen LogP contribution is -2.22. The highest BCUT2D eigenvalue weighted by Gasteiger charge is 2.16. The summed E-state index contributed by atoms with van der Waals surface area (Å²) >= 11 is 6.39. The van der Waals surface area contributed by atoms with E-state index in [0.717, 1.165) is 11.8 Å². The van der Waals surface area contributed by atoms with E-state index < -0.39 is 5.91 Å². The van der Waals surface area contributed by atoms with Crippen LogP contribution in [0.2, 0.25) is 5.02 Å². The van der Waals surface area contributed by atoms with Gasteiger partial charge < -0.3 is 26.5 Å². The predicted molar refractivity (Wildman–Crippen MR) is 137 cm³/mol. The first-order valence-corrected chi connectivity index (χ1v) is 10.4. The van der Waals surface area contributed by atoms with E-state index in [1.54, 1.807) is 35.0 Å². The number of aliphatic imine (C=N–C) groups is 1. The molecule has 0 aliphatic carbocycles. The van der Waals surface area contributed by atoms with E-state index in [9.17, 15) is 4.79 Å². The first-order chi connectivity index (χ1) is 16.3. The fourth-order valence-electron chi connectivity index (χ4n) is 3.13. The fourth-order valence-corrected chi connectivity index (χ4v) is 3.41. The Morgan fingerprint density at radius 2 is 2.12 bits per heavy atom. The van der Waals surface area contributed by atoms with E-state index in [1.165, 1.54) is 19.3 Å². The van der Waals surface area contributed by atoms with Gasteiger partial charge in [-0.05, 0) is 44.0 Å². The first-order valence-electron chi connectivity index (χ1n) is 10.0. The molecule has 1 heterocycles. The summed E-state index contributed by atoms with van der Waals surface area (Å²) in [7, 11) is 1.48. The van der Waals surface area contributed by atoms with Crippen molar-refractivity contribution >= 4 is 47.6 Å². The highest BCUT2D eigenvalue weighted by Crippen LogP contribution is 2.32. The van der Waals surface area contributed by atoms with E-state index in [2.05, 4.69) is 34.0 Å². The molecule has 0 radical (unpaired) electrons. The third-order valence-electron chi connectivity index (χ3n) is 4.89. The monoisotopic (exact) mass is 477 g/mol. The minimum Gasteiger partial charge on any atom is -0.496 e. The van der Waals surface area contributed by atoms with Gasteiger partial charge in [-0.1, -0.05) is 24.3 Å². The lowest BCUT2D eigenvalue weighted by Gasteiger charge is -2.12. The molecule has 34 heavy (non-hydrogen) atoms. The van der Waals surface area contributed by atoms with Crippen LogP contribution in [0, 0.1) is 12.3 Å². The van der Waals surface area contributed by atoms with Crippen LogP contribution in [0.1, 0.15) is 21.5 Å². The third-order valence-corrected chi connectivity index (χ3v) is 5.30. The zero-order valence-electron chi connectivity index (χ0n) is 18.7. The summed E-state index contributed by atoms with van der Waals surface area (Å²) in [6, 6.07) is 8.48. The molecule has 0 fully saturated rings. The number of rotatable bonds is 9. The van der Waals surface area contributed by atoms with Crippen LogP contribution < -0.4 is 21.1 Å². The molecule has 3 rings (SSSR count). The molecule has 0 aliphatic rings. The molecule has 174 valence electrons. The van der Waals surface area contributed by atoms with E-state index >= 15 is 0 Å². The van der Waals surface area contributed by atoms with Crippen LogP contribution in [-0.2, 0) is 0 Å². The van der Waals surface area contributed by atoms with Gasteiger partial charge in [0.15, 0.2) is 5.82 Å². The average molecular weight is 478 g/mol.